The van der Waals surface area contributed by atoms with Crippen molar-refractivity contribution in [2.75, 3.05) is 20.1 Å². The van der Waals surface area contributed by atoms with Gasteiger partial charge < -0.3 is 10.0 Å². The highest BCUT2D eigenvalue weighted by molar-refractivity contribution is 4.76. The first kappa shape index (κ1) is 13.0. The van der Waals surface area contributed by atoms with Gasteiger partial charge in [-0.15, -0.1) is 0 Å². The van der Waals surface area contributed by atoms with Crippen LogP contribution < -0.4 is 0 Å². The first-order valence-corrected chi connectivity index (χ1v) is 6.60. The molecule has 1 fully saturated rings. The van der Waals surface area contributed by atoms with E-state index < -0.39 is 0 Å². The summed E-state index contributed by atoms with van der Waals surface area (Å²) in [6.07, 6.45) is 8.66. The van der Waals surface area contributed by atoms with Gasteiger partial charge in [-0.25, -0.2) is 0 Å². The molecule has 0 amide bonds. The number of unbranched alkanes of at least 4 members (excludes halogenated alkanes) is 2. The van der Waals surface area contributed by atoms with Crippen molar-refractivity contribution in [1.29, 1.82) is 0 Å². The highest BCUT2D eigenvalue weighted by Gasteiger charge is 2.23. The predicted octanol–water partition coefficient (Wildman–Crippen LogP) is 2.66. The normalized spacial score (nSPS) is 27.2. The summed E-state index contributed by atoms with van der Waals surface area (Å²) in [4.78, 5) is 2.40. The minimum Gasteiger partial charge on any atom is -0.393 e. The second-order valence-corrected chi connectivity index (χ2v) is 5.08. The summed E-state index contributed by atoms with van der Waals surface area (Å²) in [7, 11) is 2.19. The van der Waals surface area contributed by atoms with E-state index >= 15 is 0 Å². The molecule has 2 heteroatoms. The van der Waals surface area contributed by atoms with E-state index in [4.69, 9.17) is 0 Å². The number of hydrogen-bond donors (Lipinski definition) is 1. The van der Waals surface area contributed by atoms with Crippen molar-refractivity contribution >= 4 is 0 Å². The van der Waals surface area contributed by atoms with Crippen molar-refractivity contribution in [3.8, 4) is 0 Å². The van der Waals surface area contributed by atoms with Gasteiger partial charge in [0.25, 0.3) is 0 Å². The lowest BCUT2D eigenvalue weighted by Gasteiger charge is -2.31. The number of aliphatic hydroxyl groups is 1. The Morgan fingerprint density at radius 1 is 1.20 bits per heavy atom. The zero-order valence-electron chi connectivity index (χ0n) is 10.4. The lowest BCUT2D eigenvalue weighted by atomic mass is 9.86. The number of aliphatic hydroxyl groups excluding tert-OH is 1. The monoisotopic (exact) mass is 213 g/mol. The van der Waals surface area contributed by atoms with Crippen molar-refractivity contribution < 1.29 is 5.11 Å². The maximum Gasteiger partial charge on any atom is 0.0580 e. The molecule has 2 unspecified atom stereocenters. The fourth-order valence-electron chi connectivity index (χ4n) is 2.52. The molecule has 0 aromatic heterocycles. The summed E-state index contributed by atoms with van der Waals surface area (Å²) in [5.41, 5.74) is 0. The van der Waals surface area contributed by atoms with Crippen molar-refractivity contribution in [2.24, 2.45) is 5.92 Å². The van der Waals surface area contributed by atoms with E-state index in [0.29, 0.717) is 5.92 Å². The van der Waals surface area contributed by atoms with E-state index in [1.165, 1.54) is 45.1 Å². The molecule has 1 rings (SSSR count). The molecule has 0 saturated heterocycles. The Bertz CT molecular complexity index is 161. The third-order valence-electron chi connectivity index (χ3n) is 3.56. The highest BCUT2D eigenvalue weighted by atomic mass is 16.3. The average Bonchev–Trinajstić information content (AvgIpc) is 2.22. The smallest absolute Gasteiger partial charge is 0.0580 e. The molecule has 0 aromatic rings. The molecule has 1 aliphatic carbocycles. The first-order valence-electron chi connectivity index (χ1n) is 6.60. The van der Waals surface area contributed by atoms with Gasteiger partial charge in [0, 0.05) is 6.54 Å². The Balaban J connectivity index is 2.15. The first-order chi connectivity index (χ1) is 7.24. The molecule has 1 saturated carbocycles. The molecule has 0 spiro atoms. The molecule has 15 heavy (non-hydrogen) atoms. The molecule has 0 bridgehead atoms. The van der Waals surface area contributed by atoms with Crippen LogP contribution in [-0.2, 0) is 0 Å². The molecule has 2 nitrogen and oxygen atoms in total. The summed E-state index contributed by atoms with van der Waals surface area (Å²) in [5.74, 6) is 0.533. The average molecular weight is 213 g/mol. The highest BCUT2D eigenvalue weighted by Crippen LogP contribution is 2.24. The van der Waals surface area contributed by atoms with Crippen LogP contribution >= 0.6 is 0 Å². The Labute approximate surface area is 94.7 Å². The third kappa shape index (κ3) is 4.98. The van der Waals surface area contributed by atoms with Crippen LogP contribution in [0.5, 0.6) is 0 Å². The summed E-state index contributed by atoms with van der Waals surface area (Å²) in [6.45, 7) is 4.52. The molecule has 1 N–H and O–H groups in total. The largest absolute Gasteiger partial charge is 0.393 e. The Kier molecular flexibility index (Phi) is 6.26. The van der Waals surface area contributed by atoms with E-state index in [9.17, 15) is 5.11 Å². The van der Waals surface area contributed by atoms with Crippen LogP contribution in [-0.4, -0.2) is 36.2 Å². The maximum absolute atomic E-state index is 9.86. The molecule has 2 atom stereocenters. The van der Waals surface area contributed by atoms with Gasteiger partial charge in [0.15, 0.2) is 0 Å². The van der Waals surface area contributed by atoms with Gasteiger partial charge in [-0.2, -0.15) is 0 Å². The van der Waals surface area contributed by atoms with Gasteiger partial charge >= 0.3 is 0 Å². The molecule has 0 heterocycles. The fourth-order valence-corrected chi connectivity index (χ4v) is 2.52. The maximum atomic E-state index is 9.86. The van der Waals surface area contributed by atoms with Crippen LogP contribution in [0.15, 0.2) is 0 Å². The molecular formula is C13H27NO. The SMILES string of the molecule is CCCCCN(C)CC1CCCCC1O. The summed E-state index contributed by atoms with van der Waals surface area (Å²) in [5, 5.41) is 9.86. The van der Waals surface area contributed by atoms with Gasteiger partial charge in [0.2, 0.25) is 0 Å². The minimum absolute atomic E-state index is 0.0348. The van der Waals surface area contributed by atoms with E-state index in [1.54, 1.807) is 0 Å². The van der Waals surface area contributed by atoms with Crippen LogP contribution in [0.3, 0.4) is 0 Å². The quantitative estimate of drug-likeness (QED) is 0.686. The van der Waals surface area contributed by atoms with E-state index in [0.717, 1.165) is 13.0 Å². The van der Waals surface area contributed by atoms with Gasteiger partial charge in [-0.05, 0) is 38.8 Å². The number of nitrogens with zero attached hydrogens (tertiary/aromatic N) is 1. The standard InChI is InChI=1S/C13H27NO/c1-3-4-7-10-14(2)11-12-8-5-6-9-13(12)15/h12-13,15H,3-11H2,1-2H3. The van der Waals surface area contributed by atoms with Gasteiger partial charge in [-0.1, -0.05) is 32.6 Å². The Morgan fingerprint density at radius 2 is 1.93 bits per heavy atom. The van der Waals surface area contributed by atoms with Gasteiger partial charge in [-0.3, -0.25) is 0 Å². The molecule has 1 aliphatic rings. The predicted molar refractivity (Wildman–Crippen MR) is 65.0 cm³/mol. The fraction of sp³-hybridized carbons (Fsp3) is 1.00. The van der Waals surface area contributed by atoms with E-state index in [-0.39, 0.29) is 6.10 Å². The van der Waals surface area contributed by atoms with Crippen LogP contribution in [0.2, 0.25) is 0 Å². The van der Waals surface area contributed by atoms with Crippen LogP contribution in [0, 0.1) is 5.92 Å². The van der Waals surface area contributed by atoms with Crippen molar-refractivity contribution in [2.45, 2.75) is 58.0 Å². The van der Waals surface area contributed by atoms with E-state index in [2.05, 4.69) is 18.9 Å². The molecule has 0 aliphatic heterocycles. The third-order valence-corrected chi connectivity index (χ3v) is 3.56. The van der Waals surface area contributed by atoms with Crippen molar-refractivity contribution in [1.82, 2.24) is 4.90 Å². The minimum atomic E-state index is -0.0348. The van der Waals surface area contributed by atoms with Gasteiger partial charge in [0.1, 0.15) is 0 Å². The lowest BCUT2D eigenvalue weighted by molar-refractivity contribution is 0.0512. The number of rotatable bonds is 6. The van der Waals surface area contributed by atoms with Crippen molar-refractivity contribution in [3.63, 3.8) is 0 Å². The zero-order chi connectivity index (χ0) is 11.1. The second-order valence-electron chi connectivity index (χ2n) is 5.08. The Morgan fingerprint density at radius 3 is 2.60 bits per heavy atom. The van der Waals surface area contributed by atoms with Crippen LogP contribution in [0.1, 0.15) is 51.9 Å². The molecule has 0 radical (unpaired) electrons. The topological polar surface area (TPSA) is 23.5 Å². The van der Waals surface area contributed by atoms with Crippen LogP contribution in [0.25, 0.3) is 0 Å². The van der Waals surface area contributed by atoms with Gasteiger partial charge in [0.05, 0.1) is 6.10 Å². The Hall–Kier alpha value is -0.0800. The molecule has 90 valence electrons. The van der Waals surface area contributed by atoms with E-state index in [1.807, 2.05) is 0 Å². The molecular weight excluding hydrogens is 186 g/mol. The number of hydrogen-bond acceptors (Lipinski definition) is 2. The summed E-state index contributed by atoms with van der Waals surface area (Å²) >= 11 is 0. The molecule has 0 aromatic carbocycles. The van der Waals surface area contributed by atoms with Crippen LogP contribution in [0.4, 0.5) is 0 Å². The van der Waals surface area contributed by atoms with Crippen molar-refractivity contribution in [3.05, 3.63) is 0 Å². The summed E-state index contributed by atoms with van der Waals surface area (Å²) in [6, 6.07) is 0. The summed E-state index contributed by atoms with van der Waals surface area (Å²) < 4.78 is 0. The lowest BCUT2D eigenvalue weighted by Crippen LogP contribution is -2.35. The zero-order valence-corrected chi connectivity index (χ0v) is 10.4. The second kappa shape index (κ2) is 7.24.